The number of nitrogens with one attached hydrogen (secondary N) is 1. The molecule has 0 rings (SSSR count). The largest absolute Gasteiger partial charge is 0.481 e. The Balaban J connectivity index is 3.47. The van der Waals surface area contributed by atoms with Crippen molar-refractivity contribution in [1.29, 1.82) is 0 Å². The number of rotatable bonds is 11. The van der Waals surface area contributed by atoms with Gasteiger partial charge in [0.1, 0.15) is 19.3 Å². The van der Waals surface area contributed by atoms with Crippen LogP contribution in [0.25, 0.3) is 0 Å². The fourth-order valence-corrected chi connectivity index (χ4v) is 1.05. The fraction of sp³-hybridized carbons (Fsp3) is 0.778. The number of ether oxygens (including phenoxy) is 1. The van der Waals surface area contributed by atoms with Crippen LogP contribution in [-0.2, 0) is 19.2 Å². The van der Waals surface area contributed by atoms with Crippen molar-refractivity contribution in [2.24, 2.45) is 5.73 Å². The number of esters is 1. The van der Waals surface area contributed by atoms with Gasteiger partial charge in [-0.25, -0.2) is 0 Å². The highest BCUT2D eigenvalue weighted by molar-refractivity contribution is 5.76. The molecular formula is C9H17N3O7. The first kappa shape index (κ1) is 17.1. The average molecular weight is 279 g/mol. The molecular weight excluding hydrogens is 262 g/mol. The van der Waals surface area contributed by atoms with Crippen LogP contribution in [0.5, 0.6) is 0 Å². The lowest BCUT2D eigenvalue weighted by Crippen LogP contribution is -2.34. The lowest BCUT2D eigenvalue weighted by atomic mass is 10.2. The van der Waals surface area contributed by atoms with Gasteiger partial charge in [-0.1, -0.05) is 0 Å². The molecule has 0 amide bonds. The summed E-state index contributed by atoms with van der Waals surface area (Å²) in [5, 5.41) is 20.0. The second kappa shape index (κ2) is 10.0. The Morgan fingerprint density at radius 3 is 2.58 bits per heavy atom. The molecule has 19 heavy (non-hydrogen) atoms. The van der Waals surface area contributed by atoms with E-state index in [1.54, 1.807) is 0 Å². The van der Waals surface area contributed by atoms with E-state index in [-0.39, 0.29) is 32.6 Å². The van der Waals surface area contributed by atoms with Crippen molar-refractivity contribution < 1.29 is 29.4 Å². The number of nitrogens with two attached hydrogens (primary N) is 1. The predicted octanol–water partition coefficient (Wildman–Crippen LogP) is -1.48. The van der Waals surface area contributed by atoms with Crippen LogP contribution in [0.2, 0.25) is 0 Å². The Labute approximate surface area is 108 Å². The van der Waals surface area contributed by atoms with E-state index in [9.17, 15) is 19.7 Å². The van der Waals surface area contributed by atoms with Crippen molar-refractivity contribution in [3.63, 3.8) is 0 Å². The number of carbonyl (C=O) groups is 2. The summed E-state index contributed by atoms with van der Waals surface area (Å²) in [5.41, 5.74) is 5.41. The highest BCUT2D eigenvalue weighted by Crippen LogP contribution is 1.96. The number of carboxylic acids is 1. The van der Waals surface area contributed by atoms with Crippen LogP contribution >= 0.6 is 0 Å². The molecule has 0 aromatic rings. The summed E-state index contributed by atoms with van der Waals surface area (Å²) in [4.78, 5) is 35.3. The summed E-state index contributed by atoms with van der Waals surface area (Å²) in [7, 11) is 0. The first-order valence-corrected chi connectivity index (χ1v) is 5.55. The van der Waals surface area contributed by atoms with Gasteiger partial charge in [-0.3, -0.25) is 9.59 Å². The SMILES string of the molecule is NC(CCC(=O)O)C(=O)OCCNCCO[N+](=O)[O-]. The van der Waals surface area contributed by atoms with Crippen molar-refractivity contribution in [2.45, 2.75) is 18.9 Å². The maximum atomic E-state index is 11.3. The first-order valence-electron chi connectivity index (χ1n) is 5.55. The summed E-state index contributed by atoms with van der Waals surface area (Å²) < 4.78 is 4.77. The van der Waals surface area contributed by atoms with E-state index >= 15 is 0 Å². The minimum Gasteiger partial charge on any atom is -0.481 e. The van der Waals surface area contributed by atoms with Crippen LogP contribution in [-0.4, -0.2) is 54.5 Å². The van der Waals surface area contributed by atoms with Gasteiger partial charge < -0.3 is 25.7 Å². The zero-order valence-electron chi connectivity index (χ0n) is 10.2. The minimum absolute atomic E-state index is 0.0122. The molecule has 1 unspecified atom stereocenters. The summed E-state index contributed by atoms with van der Waals surface area (Å²) in [6.45, 7) is 0.471. The Hall–Kier alpha value is -1.94. The minimum atomic E-state index is -1.03. The van der Waals surface area contributed by atoms with Crippen LogP contribution in [0.4, 0.5) is 0 Å². The lowest BCUT2D eigenvalue weighted by molar-refractivity contribution is -0.757. The molecule has 110 valence electrons. The molecule has 0 aliphatic heterocycles. The molecule has 0 bridgehead atoms. The van der Waals surface area contributed by atoms with Gasteiger partial charge in [-0.15, -0.1) is 10.1 Å². The van der Waals surface area contributed by atoms with E-state index in [4.69, 9.17) is 15.6 Å². The molecule has 0 fully saturated rings. The predicted molar refractivity (Wildman–Crippen MR) is 61.6 cm³/mol. The van der Waals surface area contributed by atoms with E-state index in [1.807, 2.05) is 0 Å². The summed E-state index contributed by atoms with van der Waals surface area (Å²) >= 11 is 0. The Morgan fingerprint density at radius 2 is 2.00 bits per heavy atom. The molecule has 0 radical (unpaired) electrons. The Bertz CT molecular complexity index is 310. The first-order chi connectivity index (χ1) is 8.93. The van der Waals surface area contributed by atoms with Crippen molar-refractivity contribution in [2.75, 3.05) is 26.3 Å². The van der Waals surface area contributed by atoms with E-state index in [1.165, 1.54) is 0 Å². The Kier molecular flexibility index (Phi) is 9.00. The molecule has 0 aromatic heterocycles. The maximum Gasteiger partial charge on any atom is 0.322 e. The third kappa shape index (κ3) is 10.9. The topological polar surface area (TPSA) is 154 Å². The number of carbonyl (C=O) groups excluding carboxylic acids is 1. The smallest absolute Gasteiger partial charge is 0.322 e. The normalized spacial score (nSPS) is 11.6. The van der Waals surface area contributed by atoms with Crippen LogP contribution in [0.3, 0.4) is 0 Å². The van der Waals surface area contributed by atoms with E-state index in [2.05, 4.69) is 10.2 Å². The van der Waals surface area contributed by atoms with Crippen LogP contribution in [0, 0.1) is 10.1 Å². The number of hydrogen-bond acceptors (Lipinski definition) is 8. The molecule has 10 nitrogen and oxygen atoms in total. The van der Waals surface area contributed by atoms with Crippen molar-refractivity contribution in [3.05, 3.63) is 10.1 Å². The monoisotopic (exact) mass is 279 g/mol. The molecule has 10 heteroatoms. The third-order valence-electron chi connectivity index (χ3n) is 1.97. The highest BCUT2D eigenvalue weighted by Gasteiger charge is 2.15. The molecule has 0 saturated heterocycles. The number of carboxylic acid groups (broad SMARTS) is 1. The molecule has 1 atom stereocenters. The molecule has 0 aromatic carbocycles. The van der Waals surface area contributed by atoms with Gasteiger partial charge in [0, 0.05) is 19.5 Å². The Morgan fingerprint density at radius 1 is 1.37 bits per heavy atom. The summed E-state index contributed by atoms with van der Waals surface area (Å²) in [5.74, 6) is -1.71. The zero-order chi connectivity index (χ0) is 14.7. The molecule has 0 aliphatic rings. The number of aliphatic carboxylic acids is 1. The maximum absolute atomic E-state index is 11.3. The second-order valence-electron chi connectivity index (χ2n) is 3.51. The van der Waals surface area contributed by atoms with Crippen molar-refractivity contribution in [3.8, 4) is 0 Å². The zero-order valence-corrected chi connectivity index (χ0v) is 10.2. The van der Waals surface area contributed by atoms with E-state index in [0.717, 1.165) is 0 Å². The average Bonchev–Trinajstić information content (AvgIpc) is 2.33. The summed E-state index contributed by atoms with van der Waals surface area (Å²) in [6, 6.07) is -0.964. The van der Waals surface area contributed by atoms with Crippen LogP contribution in [0.1, 0.15) is 12.8 Å². The van der Waals surface area contributed by atoms with Gasteiger partial charge in [0.15, 0.2) is 0 Å². The van der Waals surface area contributed by atoms with E-state index in [0.29, 0.717) is 6.54 Å². The lowest BCUT2D eigenvalue weighted by Gasteiger charge is -2.10. The summed E-state index contributed by atoms with van der Waals surface area (Å²) in [6.07, 6.45) is -0.189. The van der Waals surface area contributed by atoms with Crippen molar-refractivity contribution in [1.82, 2.24) is 5.32 Å². The van der Waals surface area contributed by atoms with Gasteiger partial charge in [-0.05, 0) is 6.42 Å². The molecule has 0 heterocycles. The van der Waals surface area contributed by atoms with Crippen LogP contribution < -0.4 is 11.1 Å². The molecule has 0 saturated carbocycles. The van der Waals surface area contributed by atoms with Crippen LogP contribution in [0.15, 0.2) is 0 Å². The number of hydrogen-bond donors (Lipinski definition) is 3. The van der Waals surface area contributed by atoms with Gasteiger partial charge in [-0.2, -0.15) is 0 Å². The van der Waals surface area contributed by atoms with Gasteiger partial charge >= 0.3 is 11.9 Å². The van der Waals surface area contributed by atoms with E-state index < -0.39 is 23.1 Å². The third-order valence-corrected chi connectivity index (χ3v) is 1.97. The quantitative estimate of drug-likeness (QED) is 0.178. The molecule has 0 spiro atoms. The highest BCUT2D eigenvalue weighted by atomic mass is 16.9. The second-order valence-corrected chi connectivity index (χ2v) is 3.51. The van der Waals surface area contributed by atoms with Gasteiger partial charge in [0.25, 0.3) is 5.09 Å². The fourth-order valence-electron chi connectivity index (χ4n) is 1.05. The molecule has 0 aliphatic carbocycles. The standard InChI is InChI=1S/C9H17N3O7/c10-7(1-2-8(13)14)9(15)18-5-3-11-4-6-19-12(16)17/h7,11H,1-6,10H2,(H,13,14). The van der Waals surface area contributed by atoms with Gasteiger partial charge in [0.2, 0.25) is 0 Å². The molecule has 4 N–H and O–H groups in total. The van der Waals surface area contributed by atoms with Gasteiger partial charge in [0.05, 0.1) is 0 Å². The number of nitrogens with zero attached hydrogens (tertiary/aromatic N) is 1. The van der Waals surface area contributed by atoms with Crippen molar-refractivity contribution >= 4 is 11.9 Å².